The van der Waals surface area contributed by atoms with Crippen LogP contribution in [-0.4, -0.2) is 41.3 Å². The van der Waals surface area contributed by atoms with Crippen molar-refractivity contribution >= 4 is 23.3 Å². The van der Waals surface area contributed by atoms with Crippen LogP contribution in [0.5, 0.6) is 0 Å². The second-order valence-corrected chi connectivity index (χ2v) is 5.28. The summed E-state index contributed by atoms with van der Waals surface area (Å²) in [6, 6.07) is 4.91. The maximum absolute atomic E-state index is 12.5. The summed E-state index contributed by atoms with van der Waals surface area (Å²) < 4.78 is 37.6. The van der Waals surface area contributed by atoms with Gasteiger partial charge in [-0.2, -0.15) is 13.2 Å². The quantitative estimate of drug-likeness (QED) is 0.867. The van der Waals surface area contributed by atoms with Crippen LogP contribution in [0.25, 0.3) is 0 Å². The zero-order chi connectivity index (χ0) is 17.2. The van der Waals surface area contributed by atoms with Crippen molar-refractivity contribution in [2.24, 2.45) is 0 Å². The van der Waals surface area contributed by atoms with Gasteiger partial charge in [-0.25, -0.2) is 0 Å². The van der Waals surface area contributed by atoms with E-state index in [0.717, 1.165) is 0 Å². The van der Waals surface area contributed by atoms with E-state index >= 15 is 0 Å². The molecule has 0 bridgehead atoms. The third-order valence-electron chi connectivity index (χ3n) is 3.60. The molecule has 2 amide bonds. The van der Waals surface area contributed by atoms with E-state index in [9.17, 15) is 27.6 Å². The molecule has 0 radical (unpaired) electrons. The molecule has 0 aliphatic carbocycles. The fraction of sp³-hybridized carbons (Fsp3) is 0.400. The summed E-state index contributed by atoms with van der Waals surface area (Å²) in [6.07, 6.45) is -4.51. The Bertz CT molecular complexity index is 643. The molecule has 1 aliphatic heterocycles. The number of Topliss-reactive ketones (excluding diaryl/α,β-unsaturated/α-hetero) is 1. The summed E-state index contributed by atoms with van der Waals surface area (Å²) in [6.45, 7) is 1.26. The van der Waals surface area contributed by atoms with Crippen molar-refractivity contribution in [1.82, 2.24) is 4.90 Å². The molecule has 0 saturated carbocycles. The average Bonchev–Trinajstić information content (AvgIpc) is 2.95. The van der Waals surface area contributed by atoms with Gasteiger partial charge in [-0.3, -0.25) is 14.4 Å². The monoisotopic (exact) mass is 328 g/mol. The first kappa shape index (κ1) is 17.0. The smallest absolute Gasteiger partial charge is 0.324 e. The van der Waals surface area contributed by atoms with Gasteiger partial charge in [0.05, 0.1) is 0 Å². The molecule has 124 valence electrons. The van der Waals surface area contributed by atoms with E-state index in [2.05, 4.69) is 5.32 Å². The molecule has 1 aromatic rings. The molecule has 0 spiro atoms. The number of likely N-dealkylation sites (tertiary alicyclic amines) is 1. The molecule has 1 heterocycles. The number of carbonyl (C=O) groups is 3. The van der Waals surface area contributed by atoms with E-state index in [0.29, 0.717) is 22.6 Å². The molecule has 1 unspecified atom stereocenters. The topological polar surface area (TPSA) is 66.5 Å². The van der Waals surface area contributed by atoms with Gasteiger partial charge in [0.15, 0.2) is 5.78 Å². The Hall–Kier alpha value is -2.38. The normalized spacial score (nSPS) is 17.9. The Labute approximate surface area is 130 Å². The molecular formula is C15H15F3N2O3. The maximum Gasteiger partial charge on any atom is 0.471 e. The lowest BCUT2D eigenvalue weighted by atomic mass is 10.1. The number of hydrogen-bond donors (Lipinski definition) is 1. The summed E-state index contributed by atoms with van der Waals surface area (Å²) in [5, 5.41) is 2.46. The lowest BCUT2D eigenvalue weighted by Gasteiger charge is -2.24. The summed E-state index contributed by atoms with van der Waals surface area (Å²) in [7, 11) is 0. The number of nitrogens with one attached hydrogen (secondary N) is 1. The van der Waals surface area contributed by atoms with Crippen molar-refractivity contribution < 1.29 is 27.6 Å². The first-order valence-electron chi connectivity index (χ1n) is 7.00. The van der Waals surface area contributed by atoms with Crippen LogP contribution in [0.2, 0.25) is 0 Å². The van der Waals surface area contributed by atoms with Crippen molar-refractivity contribution in [2.75, 3.05) is 11.9 Å². The molecule has 1 aliphatic rings. The number of anilines is 1. The maximum atomic E-state index is 12.5. The lowest BCUT2D eigenvalue weighted by molar-refractivity contribution is -0.186. The Balaban J connectivity index is 2.12. The molecule has 1 atom stereocenters. The average molecular weight is 328 g/mol. The van der Waals surface area contributed by atoms with Crippen LogP contribution in [0, 0.1) is 0 Å². The van der Waals surface area contributed by atoms with Crippen LogP contribution >= 0.6 is 0 Å². The van der Waals surface area contributed by atoms with Gasteiger partial charge in [-0.15, -0.1) is 0 Å². The second kappa shape index (κ2) is 6.39. The SMILES string of the molecule is CC(=O)c1cccc(NC(=O)C2CCCN2C(=O)C(F)(F)F)c1. The Morgan fingerprint density at radius 3 is 2.57 bits per heavy atom. The lowest BCUT2D eigenvalue weighted by Crippen LogP contribution is -2.48. The highest BCUT2D eigenvalue weighted by Gasteiger charge is 2.47. The highest BCUT2D eigenvalue weighted by molar-refractivity contribution is 6.00. The van der Waals surface area contributed by atoms with E-state index in [-0.39, 0.29) is 18.7 Å². The zero-order valence-electron chi connectivity index (χ0n) is 12.3. The van der Waals surface area contributed by atoms with Gasteiger partial charge in [-0.1, -0.05) is 12.1 Å². The minimum absolute atomic E-state index is 0.107. The number of hydrogen-bond acceptors (Lipinski definition) is 3. The number of benzene rings is 1. The zero-order valence-corrected chi connectivity index (χ0v) is 12.3. The van der Waals surface area contributed by atoms with Crippen LogP contribution in [0.3, 0.4) is 0 Å². The number of alkyl halides is 3. The number of ketones is 1. The van der Waals surface area contributed by atoms with Crippen LogP contribution in [0.15, 0.2) is 24.3 Å². The molecule has 23 heavy (non-hydrogen) atoms. The summed E-state index contributed by atoms with van der Waals surface area (Å²) in [4.78, 5) is 35.4. The first-order chi connectivity index (χ1) is 10.7. The minimum atomic E-state index is -5.00. The fourth-order valence-corrected chi connectivity index (χ4v) is 2.49. The molecule has 1 aromatic carbocycles. The number of halogens is 3. The standard InChI is InChI=1S/C15H15F3N2O3/c1-9(21)10-4-2-5-11(8-10)19-13(22)12-6-3-7-20(12)14(23)15(16,17)18/h2,4-5,8,12H,3,6-7H2,1H3,(H,19,22). The number of amides is 2. The van der Waals surface area contributed by atoms with Crippen molar-refractivity contribution in [1.29, 1.82) is 0 Å². The van der Waals surface area contributed by atoms with Crippen molar-refractivity contribution in [3.05, 3.63) is 29.8 Å². The van der Waals surface area contributed by atoms with Crippen molar-refractivity contribution in [2.45, 2.75) is 32.0 Å². The van der Waals surface area contributed by atoms with Gasteiger partial charge in [0, 0.05) is 17.8 Å². The molecule has 1 fully saturated rings. The van der Waals surface area contributed by atoms with E-state index in [1.165, 1.54) is 19.1 Å². The summed E-state index contributed by atoms with van der Waals surface area (Å²) >= 11 is 0. The number of carbonyl (C=O) groups excluding carboxylic acids is 3. The molecule has 2 rings (SSSR count). The molecule has 5 nitrogen and oxygen atoms in total. The van der Waals surface area contributed by atoms with Crippen LogP contribution in [0.1, 0.15) is 30.1 Å². The van der Waals surface area contributed by atoms with E-state index in [4.69, 9.17) is 0 Å². The molecule has 0 aromatic heterocycles. The van der Waals surface area contributed by atoms with Crippen molar-refractivity contribution in [3.8, 4) is 0 Å². The largest absolute Gasteiger partial charge is 0.471 e. The fourth-order valence-electron chi connectivity index (χ4n) is 2.49. The number of nitrogens with zero attached hydrogens (tertiary/aromatic N) is 1. The van der Waals surface area contributed by atoms with Crippen molar-refractivity contribution in [3.63, 3.8) is 0 Å². The van der Waals surface area contributed by atoms with Crippen LogP contribution in [-0.2, 0) is 9.59 Å². The van der Waals surface area contributed by atoms with Gasteiger partial charge in [-0.05, 0) is 31.9 Å². The third-order valence-corrected chi connectivity index (χ3v) is 3.60. The molecule has 1 N–H and O–H groups in total. The highest BCUT2D eigenvalue weighted by atomic mass is 19.4. The highest BCUT2D eigenvalue weighted by Crippen LogP contribution is 2.26. The number of rotatable bonds is 3. The van der Waals surface area contributed by atoms with Crippen LogP contribution < -0.4 is 5.32 Å². The second-order valence-electron chi connectivity index (χ2n) is 5.28. The van der Waals surface area contributed by atoms with E-state index < -0.39 is 24.0 Å². The van der Waals surface area contributed by atoms with Gasteiger partial charge in [0.1, 0.15) is 6.04 Å². The molecule has 1 saturated heterocycles. The van der Waals surface area contributed by atoms with Gasteiger partial charge in [0.2, 0.25) is 5.91 Å². The van der Waals surface area contributed by atoms with Gasteiger partial charge in [0.25, 0.3) is 0 Å². The van der Waals surface area contributed by atoms with E-state index in [1.54, 1.807) is 12.1 Å². The predicted molar refractivity (Wildman–Crippen MR) is 75.9 cm³/mol. The summed E-state index contributed by atoms with van der Waals surface area (Å²) in [5.41, 5.74) is 0.673. The van der Waals surface area contributed by atoms with Gasteiger partial charge >= 0.3 is 12.1 Å². The predicted octanol–water partition coefficient (Wildman–Crippen LogP) is 2.38. The molecular weight excluding hydrogens is 313 g/mol. The first-order valence-corrected chi connectivity index (χ1v) is 7.00. The third kappa shape index (κ3) is 3.88. The Morgan fingerprint density at radius 2 is 1.96 bits per heavy atom. The summed E-state index contributed by atoms with van der Waals surface area (Å²) in [5.74, 6) is -2.90. The van der Waals surface area contributed by atoms with Gasteiger partial charge < -0.3 is 10.2 Å². The minimum Gasteiger partial charge on any atom is -0.324 e. The Kier molecular flexibility index (Phi) is 4.72. The Morgan fingerprint density at radius 1 is 1.26 bits per heavy atom. The van der Waals surface area contributed by atoms with Crippen LogP contribution in [0.4, 0.5) is 18.9 Å². The van der Waals surface area contributed by atoms with E-state index in [1.807, 2.05) is 0 Å². The molecule has 8 heteroatoms.